The molecule has 1 fully saturated rings. The summed E-state index contributed by atoms with van der Waals surface area (Å²) in [4.78, 5) is 14.2. The topological polar surface area (TPSA) is 55.6 Å². The Hall–Kier alpha value is -1.36. The zero-order valence-corrected chi connectivity index (χ0v) is 12.3. The van der Waals surface area contributed by atoms with Gasteiger partial charge in [-0.25, -0.2) is 0 Å². The highest BCUT2D eigenvalue weighted by atomic mass is 16.5. The van der Waals surface area contributed by atoms with E-state index in [0.717, 1.165) is 37.1 Å². The summed E-state index contributed by atoms with van der Waals surface area (Å²) in [7, 11) is 1.82. The van der Waals surface area contributed by atoms with Gasteiger partial charge < -0.3 is 14.2 Å². The number of amides is 1. The maximum absolute atomic E-state index is 12.5. The number of rotatable bonds is 3. The third-order valence-electron chi connectivity index (χ3n) is 4.44. The smallest absolute Gasteiger partial charge is 0.254 e. The van der Waals surface area contributed by atoms with Crippen LogP contribution < -0.4 is 0 Å². The lowest BCUT2D eigenvalue weighted by atomic mass is 9.96. The molecule has 1 saturated heterocycles. The van der Waals surface area contributed by atoms with E-state index in [4.69, 9.17) is 9.26 Å². The number of fused-ring (bicyclic) bond motifs is 1. The molecule has 2 heterocycles. The predicted molar refractivity (Wildman–Crippen MR) is 73.2 cm³/mol. The highest BCUT2D eigenvalue weighted by Gasteiger charge is 2.40. The summed E-state index contributed by atoms with van der Waals surface area (Å²) in [5, 5.41) is 4.16. The SMILES string of the molecule is CN(Cc1noc2c1CCCC2)C(=O)C1(C)CCCO1. The molecule has 1 atom stereocenters. The van der Waals surface area contributed by atoms with Gasteiger partial charge in [0.25, 0.3) is 5.91 Å². The van der Waals surface area contributed by atoms with Crippen molar-refractivity contribution in [3.63, 3.8) is 0 Å². The van der Waals surface area contributed by atoms with E-state index < -0.39 is 5.60 Å². The fourth-order valence-electron chi connectivity index (χ4n) is 3.22. The molecule has 1 aliphatic carbocycles. The van der Waals surface area contributed by atoms with E-state index >= 15 is 0 Å². The molecule has 1 amide bonds. The molecule has 1 aliphatic heterocycles. The number of carbonyl (C=O) groups is 1. The molecule has 1 aromatic rings. The summed E-state index contributed by atoms with van der Waals surface area (Å²) in [5.74, 6) is 1.05. The van der Waals surface area contributed by atoms with Crippen LogP contribution in [0.4, 0.5) is 0 Å². The first-order valence-corrected chi connectivity index (χ1v) is 7.46. The van der Waals surface area contributed by atoms with Gasteiger partial charge in [0.1, 0.15) is 17.1 Å². The minimum Gasteiger partial charge on any atom is -0.365 e. The van der Waals surface area contributed by atoms with Crippen molar-refractivity contribution in [1.82, 2.24) is 10.1 Å². The van der Waals surface area contributed by atoms with Gasteiger partial charge in [-0.2, -0.15) is 0 Å². The first kappa shape index (κ1) is 13.6. The molecule has 0 spiro atoms. The number of hydrogen-bond donors (Lipinski definition) is 0. The predicted octanol–water partition coefficient (Wildman–Crippen LogP) is 2.08. The summed E-state index contributed by atoms with van der Waals surface area (Å²) >= 11 is 0. The van der Waals surface area contributed by atoms with Crippen molar-refractivity contribution >= 4 is 5.91 Å². The molecule has 20 heavy (non-hydrogen) atoms. The number of aryl methyl sites for hydroxylation is 1. The van der Waals surface area contributed by atoms with Crippen molar-refractivity contribution in [2.45, 2.75) is 57.6 Å². The maximum Gasteiger partial charge on any atom is 0.254 e. The fraction of sp³-hybridized carbons (Fsp3) is 0.733. The number of ether oxygens (including phenoxy) is 1. The maximum atomic E-state index is 12.5. The number of carbonyl (C=O) groups excluding carboxylic acids is 1. The molecule has 0 bridgehead atoms. The molecule has 1 unspecified atom stereocenters. The second-order valence-corrected chi connectivity index (χ2v) is 6.08. The van der Waals surface area contributed by atoms with E-state index in [9.17, 15) is 4.79 Å². The Balaban J connectivity index is 1.71. The molecule has 0 radical (unpaired) electrons. The van der Waals surface area contributed by atoms with Crippen LogP contribution in [0.2, 0.25) is 0 Å². The van der Waals surface area contributed by atoms with Crippen molar-refractivity contribution in [2.75, 3.05) is 13.7 Å². The van der Waals surface area contributed by atoms with E-state index in [1.54, 1.807) is 4.90 Å². The summed E-state index contributed by atoms with van der Waals surface area (Å²) in [5.41, 5.74) is 1.48. The van der Waals surface area contributed by atoms with Crippen LogP contribution in [0.5, 0.6) is 0 Å². The van der Waals surface area contributed by atoms with Crippen molar-refractivity contribution in [2.24, 2.45) is 0 Å². The molecular formula is C15H22N2O3. The van der Waals surface area contributed by atoms with E-state index in [0.29, 0.717) is 13.2 Å². The van der Waals surface area contributed by atoms with E-state index in [-0.39, 0.29) is 5.91 Å². The van der Waals surface area contributed by atoms with Gasteiger partial charge in [-0.15, -0.1) is 0 Å². The number of aromatic nitrogens is 1. The van der Waals surface area contributed by atoms with Gasteiger partial charge in [0.15, 0.2) is 0 Å². The lowest BCUT2D eigenvalue weighted by molar-refractivity contribution is -0.150. The molecule has 1 aromatic heterocycles. The standard InChI is InChI=1S/C15H22N2O3/c1-15(8-5-9-19-15)14(18)17(2)10-12-11-6-3-4-7-13(11)20-16-12/h3-10H2,1-2H3. The van der Waals surface area contributed by atoms with Gasteiger partial charge >= 0.3 is 0 Å². The quantitative estimate of drug-likeness (QED) is 0.849. The number of hydrogen-bond acceptors (Lipinski definition) is 4. The molecule has 0 saturated carbocycles. The van der Waals surface area contributed by atoms with Crippen LogP contribution >= 0.6 is 0 Å². The first-order valence-electron chi connectivity index (χ1n) is 7.46. The second kappa shape index (κ2) is 5.20. The lowest BCUT2D eigenvalue weighted by Gasteiger charge is -2.28. The van der Waals surface area contributed by atoms with Crippen LogP contribution in [0.15, 0.2) is 4.52 Å². The van der Waals surface area contributed by atoms with Gasteiger partial charge in [-0.05, 0) is 39.0 Å². The highest BCUT2D eigenvalue weighted by molar-refractivity contribution is 5.84. The van der Waals surface area contributed by atoms with Crippen molar-refractivity contribution in [1.29, 1.82) is 0 Å². The largest absolute Gasteiger partial charge is 0.365 e. The first-order chi connectivity index (χ1) is 9.60. The summed E-state index contributed by atoms with van der Waals surface area (Å²) < 4.78 is 11.0. The van der Waals surface area contributed by atoms with Gasteiger partial charge in [0.05, 0.1) is 6.54 Å². The minimum atomic E-state index is -0.654. The second-order valence-electron chi connectivity index (χ2n) is 6.08. The zero-order chi connectivity index (χ0) is 14.2. The normalized spacial score (nSPS) is 25.5. The molecular weight excluding hydrogens is 256 g/mol. The third kappa shape index (κ3) is 2.35. The van der Waals surface area contributed by atoms with Crippen LogP contribution in [0.3, 0.4) is 0 Å². The fourth-order valence-corrected chi connectivity index (χ4v) is 3.22. The van der Waals surface area contributed by atoms with Crippen LogP contribution in [0.25, 0.3) is 0 Å². The Morgan fingerprint density at radius 2 is 2.15 bits per heavy atom. The average Bonchev–Trinajstić information content (AvgIpc) is 3.06. The van der Waals surface area contributed by atoms with Crippen molar-refractivity contribution < 1.29 is 14.1 Å². The van der Waals surface area contributed by atoms with Crippen molar-refractivity contribution in [3.05, 3.63) is 17.0 Å². The van der Waals surface area contributed by atoms with E-state index in [1.807, 2.05) is 14.0 Å². The molecule has 0 aromatic carbocycles. The Morgan fingerprint density at radius 1 is 1.35 bits per heavy atom. The average molecular weight is 278 g/mol. The third-order valence-corrected chi connectivity index (χ3v) is 4.44. The minimum absolute atomic E-state index is 0.0440. The zero-order valence-electron chi connectivity index (χ0n) is 12.3. The Labute approximate surface area is 119 Å². The number of likely N-dealkylation sites (N-methyl/N-ethyl adjacent to an activating group) is 1. The van der Waals surface area contributed by atoms with Gasteiger partial charge in [0, 0.05) is 25.6 Å². The van der Waals surface area contributed by atoms with Crippen molar-refractivity contribution in [3.8, 4) is 0 Å². The van der Waals surface area contributed by atoms with E-state index in [1.165, 1.54) is 18.4 Å². The van der Waals surface area contributed by atoms with Gasteiger partial charge in [-0.3, -0.25) is 4.79 Å². The molecule has 0 N–H and O–H groups in total. The van der Waals surface area contributed by atoms with E-state index in [2.05, 4.69) is 5.16 Å². The Kier molecular flexibility index (Phi) is 3.54. The van der Waals surface area contributed by atoms with Crippen LogP contribution in [0, 0.1) is 0 Å². The summed E-state index contributed by atoms with van der Waals surface area (Å²) in [6, 6.07) is 0. The Morgan fingerprint density at radius 3 is 2.90 bits per heavy atom. The molecule has 2 aliphatic rings. The van der Waals surface area contributed by atoms with Crippen LogP contribution in [-0.2, 0) is 28.9 Å². The molecule has 3 rings (SSSR count). The molecule has 5 nitrogen and oxygen atoms in total. The lowest BCUT2D eigenvalue weighted by Crippen LogP contribution is -2.44. The molecule has 5 heteroatoms. The van der Waals surface area contributed by atoms with Crippen LogP contribution in [-0.4, -0.2) is 35.2 Å². The Bertz CT molecular complexity index is 503. The molecule has 110 valence electrons. The highest BCUT2D eigenvalue weighted by Crippen LogP contribution is 2.29. The monoisotopic (exact) mass is 278 g/mol. The summed E-state index contributed by atoms with van der Waals surface area (Å²) in [6.07, 6.45) is 6.09. The van der Waals surface area contributed by atoms with Gasteiger partial charge in [-0.1, -0.05) is 5.16 Å². The van der Waals surface area contributed by atoms with Gasteiger partial charge in [0.2, 0.25) is 0 Å². The summed E-state index contributed by atoms with van der Waals surface area (Å²) in [6.45, 7) is 3.07. The number of nitrogens with zero attached hydrogens (tertiary/aromatic N) is 2. The van der Waals surface area contributed by atoms with Crippen LogP contribution in [0.1, 0.15) is 49.6 Å².